The van der Waals surface area contributed by atoms with Crippen molar-refractivity contribution in [2.75, 3.05) is 11.9 Å². The van der Waals surface area contributed by atoms with Gasteiger partial charge in [-0.2, -0.15) is 0 Å². The number of carboxylic acids is 1. The minimum Gasteiger partial charge on any atom is -0.508 e. The highest BCUT2D eigenvalue weighted by Gasteiger charge is 2.27. The van der Waals surface area contributed by atoms with Gasteiger partial charge in [-0.3, -0.25) is 14.9 Å². The van der Waals surface area contributed by atoms with Crippen LogP contribution in [0.2, 0.25) is 0 Å². The molecule has 5 N–H and O–H groups in total. The number of benzene rings is 2. The molecule has 3 rings (SSSR count). The van der Waals surface area contributed by atoms with E-state index in [0.29, 0.717) is 16.8 Å². The molecular weight excluding hydrogens is 502 g/mol. The van der Waals surface area contributed by atoms with E-state index in [1.807, 2.05) is 0 Å². The predicted octanol–water partition coefficient (Wildman–Crippen LogP) is 3.35. The normalized spacial score (nSPS) is 13.7. The summed E-state index contributed by atoms with van der Waals surface area (Å²) in [4.78, 5) is 48.9. The predicted molar refractivity (Wildman–Crippen MR) is 136 cm³/mol. The molecule has 11 heteroatoms. The first-order valence-electron chi connectivity index (χ1n) is 11.3. The summed E-state index contributed by atoms with van der Waals surface area (Å²) in [6.07, 6.45) is 0.809. The van der Waals surface area contributed by atoms with Crippen molar-refractivity contribution >= 4 is 41.2 Å². The lowest BCUT2D eigenvalue weighted by Gasteiger charge is -2.19. The van der Waals surface area contributed by atoms with Gasteiger partial charge in [0.15, 0.2) is 6.04 Å². The number of nitrogens with one attached hydrogen (secondary N) is 3. The number of hydrogen-bond acceptors (Lipinski definition) is 6. The van der Waals surface area contributed by atoms with E-state index in [0.717, 1.165) is 5.56 Å². The molecule has 1 atom stereocenters. The van der Waals surface area contributed by atoms with Crippen LogP contribution in [0.5, 0.6) is 5.75 Å². The van der Waals surface area contributed by atoms with Crippen LogP contribution >= 0.6 is 11.6 Å². The molecule has 0 aliphatic heterocycles. The number of amides is 3. The highest BCUT2D eigenvalue weighted by atomic mass is 35.5. The quantitative estimate of drug-likeness (QED) is 0.335. The number of anilines is 1. The first-order chi connectivity index (χ1) is 17.6. The zero-order valence-electron chi connectivity index (χ0n) is 19.9. The molecule has 10 nitrogen and oxygen atoms in total. The van der Waals surface area contributed by atoms with Crippen molar-refractivity contribution in [2.24, 2.45) is 0 Å². The van der Waals surface area contributed by atoms with Gasteiger partial charge in [0.05, 0.1) is 0 Å². The summed E-state index contributed by atoms with van der Waals surface area (Å²) in [7, 11) is 0. The summed E-state index contributed by atoms with van der Waals surface area (Å²) >= 11 is 6.24. The summed E-state index contributed by atoms with van der Waals surface area (Å²) in [5, 5.41) is 26.5. The Bertz CT molecular complexity index is 1270. The van der Waals surface area contributed by atoms with Crippen LogP contribution in [0, 0.1) is 6.92 Å². The second-order valence-corrected chi connectivity index (χ2v) is 8.66. The van der Waals surface area contributed by atoms with Gasteiger partial charge in [0.1, 0.15) is 12.4 Å². The van der Waals surface area contributed by atoms with E-state index in [2.05, 4.69) is 16.0 Å². The van der Waals surface area contributed by atoms with Gasteiger partial charge < -0.3 is 25.6 Å². The van der Waals surface area contributed by atoms with Crippen LogP contribution in [0.25, 0.3) is 0 Å². The maximum atomic E-state index is 12.7. The number of para-hydroxylation sites is 1. The Labute approximate surface area is 218 Å². The average Bonchev–Trinajstić information content (AvgIpc) is 2.86. The Morgan fingerprint density at radius 2 is 1.81 bits per heavy atom. The fraction of sp³-hybridized carbons (Fsp3) is 0.231. The summed E-state index contributed by atoms with van der Waals surface area (Å²) in [6, 6.07) is 11.9. The molecule has 0 bridgehead atoms. The standard InChI is InChI=1S/C26H26ClN3O7/c1-15-5-2-3-8-21(15)30-26(36)37-14-22(25(34)35)29-24(33)19-10-9-17(12-20(19)27)23(32)28-13-16-6-4-7-18(31)11-16/h2-8,11-12,22,31H,9-10,13-14H2,1H3,(H,28,32)(H,29,33)(H,30,36)(H,34,35)/t22-/m0/s1. The Morgan fingerprint density at radius 1 is 1.05 bits per heavy atom. The average molecular weight is 528 g/mol. The fourth-order valence-electron chi connectivity index (χ4n) is 3.49. The minimum atomic E-state index is -1.51. The van der Waals surface area contributed by atoms with Crippen LogP contribution in [-0.2, 0) is 25.7 Å². The lowest BCUT2D eigenvalue weighted by Crippen LogP contribution is -2.45. The molecule has 1 aliphatic rings. The molecule has 0 fully saturated rings. The maximum Gasteiger partial charge on any atom is 0.411 e. The number of phenolic OH excluding ortho intramolecular Hbond substituents is 1. The van der Waals surface area contributed by atoms with Crippen LogP contribution in [-0.4, -0.2) is 46.7 Å². The molecule has 194 valence electrons. The van der Waals surface area contributed by atoms with Crippen LogP contribution in [0.15, 0.2) is 70.8 Å². The van der Waals surface area contributed by atoms with E-state index in [1.54, 1.807) is 43.3 Å². The van der Waals surface area contributed by atoms with Gasteiger partial charge in [-0.1, -0.05) is 41.9 Å². The Morgan fingerprint density at radius 3 is 2.49 bits per heavy atom. The number of phenols is 1. The van der Waals surface area contributed by atoms with E-state index < -0.39 is 30.6 Å². The molecule has 0 unspecified atom stereocenters. The molecule has 37 heavy (non-hydrogen) atoms. The highest BCUT2D eigenvalue weighted by molar-refractivity contribution is 6.34. The maximum absolute atomic E-state index is 12.7. The lowest BCUT2D eigenvalue weighted by molar-refractivity contribution is -0.142. The van der Waals surface area contributed by atoms with Crippen molar-refractivity contribution in [3.05, 3.63) is 81.9 Å². The molecule has 3 amide bonds. The molecule has 2 aromatic carbocycles. The van der Waals surface area contributed by atoms with Gasteiger partial charge in [-0.15, -0.1) is 0 Å². The number of allylic oxidation sites excluding steroid dienone is 2. The summed E-state index contributed by atoms with van der Waals surface area (Å²) in [5.74, 6) is -2.43. The number of aryl methyl sites for hydroxylation is 1. The molecule has 0 spiro atoms. The van der Waals surface area contributed by atoms with Gasteiger partial charge in [0, 0.05) is 28.4 Å². The number of aliphatic carboxylic acids is 1. The second-order valence-electron chi connectivity index (χ2n) is 8.25. The smallest absolute Gasteiger partial charge is 0.411 e. The van der Waals surface area contributed by atoms with E-state index in [-0.39, 0.29) is 41.6 Å². The van der Waals surface area contributed by atoms with Crippen molar-refractivity contribution in [1.82, 2.24) is 10.6 Å². The van der Waals surface area contributed by atoms with Crippen LogP contribution < -0.4 is 16.0 Å². The first-order valence-corrected chi connectivity index (χ1v) is 11.7. The van der Waals surface area contributed by atoms with Gasteiger partial charge in [-0.05, 0) is 55.2 Å². The molecule has 0 radical (unpaired) electrons. The zero-order chi connectivity index (χ0) is 26.9. The Balaban J connectivity index is 1.56. The first kappa shape index (κ1) is 27.3. The van der Waals surface area contributed by atoms with Crippen LogP contribution in [0.4, 0.5) is 10.5 Å². The van der Waals surface area contributed by atoms with Crippen molar-refractivity contribution in [3.8, 4) is 5.75 Å². The molecule has 0 aromatic heterocycles. The zero-order valence-corrected chi connectivity index (χ0v) is 20.7. The topological polar surface area (TPSA) is 154 Å². The number of carbonyl (C=O) groups excluding carboxylic acids is 3. The van der Waals surface area contributed by atoms with E-state index in [1.165, 1.54) is 18.2 Å². The number of ether oxygens (including phenoxy) is 1. The van der Waals surface area contributed by atoms with Crippen molar-refractivity contribution in [1.29, 1.82) is 0 Å². The number of hydrogen-bond donors (Lipinski definition) is 5. The summed E-state index contributed by atoms with van der Waals surface area (Å²) in [6.45, 7) is 1.37. The van der Waals surface area contributed by atoms with Crippen molar-refractivity contribution in [3.63, 3.8) is 0 Å². The van der Waals surface area contributed by atoms with E-state index >= 15 is 0 Å². The highest BCUT2D eigenvalue weighted by Crippen LogP contribution is 2.27. The third-order valence-electron chi connectivity index (χ3n) is 5.53. The van der Waals surface area contributed by atoms with Crippen LogP contribution in [0.3, 0.4) is 0 Å². The number of carbonyl (C=O) groups is 4. The third kappa shape index (κ3) is 7.84. The lowest BCUT2D eigenvalue weighted by atomic mass is 9.96. The number of halogens is 1. The minimum absolute atomic E-state index is 0.00797. The molecule has 2 aromatic rings. The Hall–Kier alpha value is -4.31. The van der Waals surface area contributed by atoms with Crippen molar-refractivity contribution < 1.29 is 34.1 Å². The molecule has 0 saturated heterocycles. The van der Waals surface area contributed by atoms with Crippen molar-refractivity contribution in [2.45, 2.75) is 32.4 Å². The van der Waals surface area contributed by atoms with Gasteiger partial charge in [-0.25, -0.2) is 9.59 Å². The van der Waals surface area contributed by atoms with E-state index in [4.69, 9.17) is 16.3 Å². The third-order valence-corrected chi connectivity index (χ3v) is 5.87. The SMILES string of the molecule is Cc1ccccc1NC(=O)OC[C@H](NC(=O)C1=C(Cl)C=C(C(=O)NCc2cccc(O)c2)CC1)C(=O)O. The number of rotatable bonds is 9. The molecule has 1 aliphatic carbocycles. The fourth-order valence-corrected chi connectivity index (χ4v) is 3.80. The number of aromatic hydroxyl groups is 1. The van der Waals surface area contributed by atoms with Gasteiger partial charge in [0.25, 0.3) is 0 Å². The largest absolute Gasteiger partial charge is 0.508 e. The second kappa shape index (κ2) is 12.6. The van der Waals surface area contributed by atoms with Gasteiger partial charge in [0.2, 0.25) is 11.8 Å². The Kier molecular flexibility index (Phi) is 9.28. The van der Waals surface area contributed by atoms with E-state index in [9.17, 15) is 29.4 Å². The molecular formula is C26H26ClN3O7. The molecule has 0 saturated carbocycles. The summed E-state index contributed by atoms with van der Waals surface area (Å²) < 4.78 is 4.98. The van der Waals surface area contributed by atoms with Crippen LogP contribution in [0.1, 0.15) is 24.0 Å². The number of carboxylic acid groups (broad SMARTS) is 1. The summed E-state index contributed by atoms with van der Waals surface area (Å²) in [5.41, 5.74) is 2.48. The monoisotopic (exact) mass is 527 g/mol. The molecule has 0 heterocycles. The van der Waals surface area contributed by atoms with Gasteiger partial charge >= 0.3 is 12.1 Å².